The van der Waals surface area contributed by atoms with E-state index in [1.165, 1.54) is 34.0 Å². The first-order valence-electron chi connectivity index (χ1n) is 13.0. The number of ether oxygens (including phenoxy) is 5. The molecule has 12 heteroatoms. The fourth-order valence-electron chi connectivity index (χ4n) is 6.63. The first-order valence-corrected chi connectivity index (χ1v) is 13.0. The van der Waals surface area contributed by atoms with Crippen molar-refractivity contribution in [3.63, 3.8) is 0 Å². The lowest BCUT2D eigenvalue weighted by Gasteiger charge is -2.58. The number of fused-ring (bicyclic) bond motifs is 2. The predicted molar refractivity (Wildman–Crippen MR) is 131 cm³/mol. The van der Waals surface area contributed by atoms with Crippen molar-refractivity contribution in [2.75, 3.05) is 7.11 Å². The Morgan fingerprint density at radius 2 is 1.56 bits per heavy atom. The van der Waals surface area contributed by atoms with E-state index in [1.54, 1.807) is 13.8 Å². The quantitative estimate of drug-likeness (QED) is 0.373. The molecule has 0 spiro atoms. The summed E-state index contributed by atoms with van der Waals surface area (Å²) in [5, 5.41) is 23.4. The van der Waals surface area contributed by atoms with Gasteiger partial charge in [-0.3, -0.25) is 19.2 Å². The molecule has 10 atom stereocenters. The summed E-state index contributed by atoms with van der Waals surface area (Å²) in [6.45, 7) is 8.28. The number of carbonyl (C=O) groups is 5. The fourth-order valence-corrected chi connectivity index (χ4v) is 6.63. The SMILES string of the molecule is COC(=O)/C1=C/[C@@H]2OC(=O)[C@H](C)[C@@]2(O)[C@H](OC(C)=O)[C@H]2[C@@H](C)[C@@H](O)C[C@H](OC(C)=O)[C@]2(C)[C@@H](OC(C)=O)CC1. The fraction of sp³-hybridized carbons (Fsp3) is 0.741. The Labute approximate surface area is 226 Å². The molecule has 0 bridgehead atoms. The molecule has 3 aliphatic rings. The highest BCUT2D eigenvalue weighted by Gasteiger charge is 2.69. The number of hydrogen-bond donors (Lipinski definition) is 2. The van der Waals surface area contributed by atoms with Gasteiger partial charge in [0.15, 0.2) is 11.7 Å². The van der Waals surface area contributed by atoms with Crippen LogP contribution in [0.25, 0.3) is 0 Å². The highest BCUT2D eigenvalue weighted by atomic mass is 16.6. The third kappa shape index (κ3) is 5.41. The van der Waals surface area contributed by atoms with Crippen molar-refractivity contribution in [1.82, 2.24) is 0 Å². The van der Waals surface area contributed by atoms with E-state index >= 15 is 0 Å². The summed E-state index contributed by atoms with van der Waals surface area (Å²) in [6.07, 6.45) is -4.89. The summed E-state index contributed by atoms with van der Waals surface area (Å²) in [6, 6.07) is 0. The van der Waals surface area contributed by atoms with Crippen LogP contribution in [0.5, 0.6) is 0 Å². The Kier molecular flexibility index (Phi) is 8.81. The predicted octanol–water partition coefficient (Wildman–Crippen LogP) is 0.991. The molecule has 1 heterocycles. The Morgan fingerprint density at radius 1 is 1.00 bits per heavy atom. The highest BCUT2D eigenvalue weighted by Crippen LogP contribution is 2.56. The Bertz CT molecular complexity index is 1050. The zero-order chi connectivity index (χ0) is 29.4. The van der Waals surface area contributed by atoms with Crippen molar-refractivity contribution in [3.05, 3.63) is 11.6 Å². The standard InChI is InChI=1S/C27H38O12/c1-12-18(31)11-20(37-15(4)29)26(6)19(36-14(3)28)9-8-17(25(33)35-7)10-21-27(34,13(2)24(32)39-21)23(22(12)26)38-16(5)30/h10,12-13,18-23,31,34H,8-9,11H2,1-7H3/b17-10+/t12-,13-,18-,19-,20-,21-,22+,23+,26-,27-/m0/s1. The molecule has 2 aliphatic carbocycles. The molecule has 39 heavy (non-hydrogen) atoms. The third-order valence-electron chi connectivity index (χ3n) is 8.65. The average molecular weight is 555 g/mol. The number of carbonyl (C=O) groups excluding carboxylic acids is 5. The Balaban J connectivity index is 2.41. The van der Waals surface area contributed by atoms with Gasteiger partial charge in [0.1, 0.15) is 18.3 Å². The van der Waals surface area contributed by atoms with Gasteiger partial charge in [0.2, 0.25) is 0 Å². The van der Waals surface area contributed by atoms with Crippen LogP contribution in [-0.4, -0.2) is 83.3 Å². The van der Waals surface area contributed by atoms with Gasteiger partial charge in [0.25, 0.3) is 0 Å². The lowest BCUT2D eigenvalue weighted by Crippen LogP contribution is -2.68. The normalized spacial score (nSPS) is 41.5. The molecule has 0 aromatic carbocycles. The maximum absolute atomic E-state index is 12.9. The summed E-state index contributed by atoms with van der Waals surface area (Å²) in [5.41, 5.74) is -3.56. The Hall–Kier alpha value is -2.99. The summed E-state index contributed by atoms with van der Waals surface area (Å²) >= 11 is 0. The van der Waals surface area contributed by atoms with Crippen molar-refractivity contribution in [3.8, 4) is 0 Å². The average Bonchev–Trinajstić information content (AvgIpc) is 3.05. The van der Waals surface area contributed by atoms with Gasteiger partial charge in [0.05, 0.1) is 19.1 Å². The first-order chi connectivity index (χ1) is 18.1. The number of rotatable bonds is 4. The highest BCUT2D eigenvalue weighted by molar-refractivity contribution is 5.89. The summed E-state index contributed by atoms with van der Waals surface area (Å²) in [5.74, 6) is -6.63. The monoisotopic (exact) mass is 554 g/mol. The van der Waals surface area contributed by atoms with Crippen LogP contribution >= 0.6 is 0 Å². The zero-order valence-corrected chi connectivity index (χ0v) is 23.3. The number of methoxy groups -OCH3 is 1. The van der Waals surface area contributed by atoms with Gasteiger partial charge >= 0.3 is 29.8 Å². The second-order valence-electron chi connectivity index (χ2n) is 11.0. The van der Waals surface area contributed by atoms with E-state index < -0.39 is 89.1 Å². The number of aliphatic hydroxyl groups is 2. The van der Waals surface area contributed by atoms with E-state index in [0.717, 1.165) is 6.92 Å². The molecular formula is C27H38O12. The van der Waals surface area contributed by atoms with Gasteiger partial charge in [-0.25, -0.2) is 4.79 Å². The molecule has 2 N–H and O–H groups in total. The maximum atomic E-state index is 12.9. The van der Waals surface area contributed by atoms with Crippen LogP contribution in [0.3, 0.4) is 0 Å². The largest absolute Gasteiger partial charge is 0.466 e. The molecule has 0 amide bonds. The molecule has 0 aromatic rings. The molecule has 1 saturated carbocycles. The second-order valence-corrected chi connectivity index (χ2v) is 11.0. The van der Waals surface area contributed by atoms with Crippen molar-refractivity contribution >= 4 is 29.8 Å². The van der Waals surface area contributed by atoms with Crippen LogP contribution in [0.15, 0.2) is 11.6 Å². The molecule has 0 unspecified atom stereocenters. The topological polar surface area (TPSA) is 172 Å². The van der Waals surface area contributed by atoms with Gasteiger partial charge < -0.3 is 33.9 Å². The maximum Gasteiger partial charge on any atom is 0.333 e. The minimum atomic E-state index is -2.22. The second kappa shape index (κ2) is 11.2. The van der Waals surface area contributed by atoms with Crippen LogP contribution in [0.2, 0.25) is 0 Å². The number of aliphatic hydroxyl groups excluding tert-OH is 1. The van der Waals surface area contributed by atoms with E-state index in [-0.39, 0.29) is 24.8 Å². The van der Waals surface area contributed by atoms with Gasteiger partial charge in [-0.15, -0.1) is 0 Å². The van der Waals surface area contributed by atoms with Crippen molar-refractivity contribution in [2.24, 2.45) is 23.2 Å². The van der Waals surface area contributed by atoms with E-state index in [4.69, 9.17) is 23.7 Å². The molecular weight excluding hydrogens is 516 g/mol. The summed E-state index contributed by atoms with van der Waals surface area (Å²) < 4.78 is 27.7. The zero-order valence-electron chi connectivity index (χ0n) is 23.3. The molecule has 218 valence electrons. The molecule has 2 fully saturated rings. The first kappa shape index (κ1) is 30.6. The molecule has 0 radical (unpaired) electrons. The van der Waals surface area contributed by atoms with E-state index in [0.29, 0.717) is 0 Å². The van der Waals surface area contributed by atoms with Crippen LogP contribution in [0.4, 0.5) is 0 Å². The summed E-state index contributed by atoms with van der Waals surface area (Å²) in [4.78, 5) is 62.7. The number of hydrogen-bond acceptors (Lipinski definition) is 12. The van der Waals surface area contributed by atoms with Crippen LogP contribution in [0.1, 0.15) is 60.8 Å². The molecule has 12 nitrogen and oxygen atoms in total. The van der Waals surface area contributed by atoms with Gasteiger partial charge in [-0.05, 0) is 31.8 Å². The van der Waals surface area contributed by atoms with Gasteiger partial charge in [-0.1, -0.05) is 13.8 Å². The molecule has 3 rings (SSSR count). The van der Waals surface area contributed by atoms with E-state index in [9.17, 15) is 34.2 Å². The van der Waals surface area contributed by atoms with Gasteiger partial charge in [-0.2, -0.15) is 0 Å². The minimum absolute atomic E-state index is 0.0204. The van der Waals surface area contributed by atoms with Crippen molar-refractivity contribution in [1.29, 1.82) is 0 Å². The number of esters is 5. The van der Waals surface area contributed by atoms with Crippen LogP contribution in [-0.2, 0) is 47.7 Å². The van der Waals surface area contributed by atoms with Crippen LogP contribution < -0.4 is 0 Å². The third-order valence-corrected chi connectivity index (χ3v) is 8.65. The lowest BCUT2D eigenvalue weighted by atomic mass is 9.52. The molecule has 0 aromatic heterocycles. The van der Waals surface area contributed by atoms with Crippen molar-refractivity contribution in [2.45, 2.75) is 96.9 Å². The van der Waals surface area contributed by atoms with Crippen molar-refractivity contribution < 1.29 is 57.9 Å². The Morgan fingerprint density at radius 3 is 2.10 bits per heavy atom. The van der Waals surface area contributed by atoms with Crippen LogP contribution in [0, 0.1) is 23.2 Å². The van der Waals surface area contributed by atoms with E-state index in [1.807, 2.05) is 0 Å². The van der Waals surface area contributed by atoms with Gasteiger partial charge in [0, 0.05) is 44.1 Å². The van der Waals surface area contributed by atoms with E-state index in [2.05, 4.69) is 0 Å². The molecule has 1 saturated heterocycles. The smallest absolute Gasteiger partial charge is 0.333 e. The minimum Gasteiger partial charge on any atom is -0.466 e. The lowest BCUT2D eigenvalue weighted by molar-refractivity contribution is -0.250. The molecule has 1 aliphatic heterocycles. The summed E-state index contributed by atoms with van der Waals surface area (Å²) in [7, 11) is 1.17.